The Morgan fingerprint density at radius 2 is 2.33 bits per heavy atom. The maximum atomic E-state index is 10.9. The summed E-state index contributed by atoms with van der Waals surface area (Å²) in [5, 5.41) is 9.10. The van der Waals surface area contributed by atoms with Gasteiger partial charge >= 0.3 is 5.97 Å². The number of hydrogen-bond donors (Lipinski definition) is 2. The standard InChI is InChI=1S/C8H15NO3/c9-4-3-7(10)8(11)12-5-6-1-2-6/h6-7,10H,1-5,9H2/t7-/m0/s1. The summed E-state index contributed by atoms with van der Waals surface area (Å²) in [4.78, 5) is 10.9. The lowest BCUT2D eigenvalue weighted by atomic mass is 10.2. The van der Waals surface area contributed by atoms with Gasteiger partial charge < -0.3 is 15.6 Å². The zero-order chi connectivity index (χ0) is 8.97. The van der Waals surface area contributed by atoms with Gasteiger partial charge in [-0.25, -0.2) is 4.79 Å². The van der Waals surface area contributed by atoms with Crippen LogP contribution >= 0.6 is 0 Å². The summed E-state index contributed by atoms with van der Waals surface area (Å²) >= 11 is 0. The number of carbonyl (C=O) groups is 1. The molecule has 0 aromatic heterocycles. The number of aliphatic hydroxyl groups is 1. The van der Waals surface area contributed by atoms with Crippen molar-refractivity contribution in [2.24, 2.45) is 11.7 Å². The number of carbonyl (C=O) groups excluding carboxylic acids is 1. The summed E-state index contributed by atoms with van der Waals surface area (Å²) in [6, 6.07) is 0. The van der Waals surface area contributed by atoms with Crippen molar-refractivity contribution in [2.75, 3.05) is 13.2 Å². The van der Waals surface area contributed by atoms with Crippen LogP contribution in [0.4, 0.5) is 0 Å². The first-order valence-corrected chi connectivity index (χ1v) is 4.29. The molecule has 1 atom stereocenters. The van der Waals surface area contributed by atoms with E-state index in [4.69, 9.17) is 15.6 Å². The molecule has 0 amide bonds. The Kier molecular flexibility index (Phi) is 3.49. The highest BCUT2D eigenvalue weighted by atomic mass is 16.5. The third-order valence-electron chi connectivity index (χ3n) is 1.87. The van der Waals surface area contributed by atoms with E-state index >= 15 is 0 Å². The predicted molar refractivity (Wildman–Crippen MR) is 43.4 cm³/mol. The van der Waals surface area contributed by atoms with Crippen molar-refractivity contribution in [1.82, 2.24) is 0 Å². The van der Waals surface area contributed by atoms with E-state index in [0.29, 0.717) is 19.1 Å². The lowest BCUT2D eigenvalue weighted by Gasteiger charge is -2.08. The van der Waals surface area contributed by atoms with Gasteiger partial charge in [-0.3, -0.25) is 0 Å². The number of hydrogen-bond acceptors (Lipinski definition) is 4. The number of ether oxygens (including phenoxy) is 1. The Morgan fingerprint density at radius 1 is 1.67 bits per heavy atom. The number of nitrogens with two attached hydrogens (primary N) is 1. The Bertz CT molecular complexity index is 156. The molecule has 0 radical (unpaired) electrons. The molecule has 0 spiro atoms. The average molecular weight is 173 g/mol. The van der Waals surface area contributed by atoms with Crippen molar-refractivity contribution in [3.8, 4) is 0 Å². The van der Waals surface area contributed by atoms with Crippen LogP contribution in [0.2, 0.25) is 0 Å². The van der Waals surface area contributed by atoms with Crippen LogP contribution in [0.15, 0.2) is 0 Å². The second-order valence-electron chi connectivity index (χ2n) is 3.17. The van der Waals surface area contributed by atoms with Crippen molar-refractivity contribution in [2.45, 2.75) is 25.4 Å². The first kappa shape index (κ1) is 9.48. The van der Waals surface area contributed by atoms with Crippen LogP contribution in [0.1, 0.15) is 19.3 Å². The molecular weight excluding hydrogens is 158 g/mol. The van der Waals surface area contributed by atoms with Gasteiger partial charge in [-0.05, 0) is 31.7 Å². The second kappa shape index (κ2) is 4.42. The van der Waals surface area contributed by atoms with Gasteiger partial charge in [-0.1, -0.05) is 0 Å². The van der Waals surface area contributed by atoms with Crippen LogP contribution in [0, 0.1) is 5.92 Å². The van der Waals surface area contributed by atoms with Crippen LogP contribution < -0.4 is 5.73 Å². The number of aliphatic hydroxyl groups excluding tert-OH is 1. The second-order valence-corrected chi connectivity index (χ2v) is 3.17. The number of rotatable bonds is 5. The maximum absolute atomic E-state index is 10.9. The normalized spacial score (nSPS) is 18.8. The monoisotopic (exact) mass is 173 g/mol. The molecule has 1 saturated carbocycles. The first-order chi connectivity index (χ1) is 5.74. The van der Waals surface area contributed by atoms with Crippen molar-refractivity contribution in [3.63, 3.8) is 0 Å². The first-order valence-electron chi connectivity index (χ1n) is 4.29. The van der Waals surface area contributed by atoms with E-state index in [0.717, 1.165) is 12.8 Å². The fourth-order valence-electron chi connectivity index (χ4n) is 0.856. The zero-order valence-electron chi connectivity index (χ0n) is 7.03. The van der Waals surface area contributed by atoms with Gasteiger partial charge in [0.1, 0.15) is 0 Å². The van der Waals surface area contributed by atoms with Gasteiger partial charge in [-0.15, -0.1) is 0 Å². The quantitative estimate of drug-likeness (QED) is 0.557. The molecule has 4 heteroatoms. The van der Waals surface area contributed by atoms with Gasteiger partial charge in [0.2, 0.25) is 0 Å². The van der Waals surface area contributed by atoms with E-state index in [1.54, 1.807) is 0 Å². The van der Waals surface area contributed by atoms with Crippen LogP contribution in [0.3, 0.4) is 0 Å². The molecule has 1 aliphatic rings. The zero-order valence-corrected chi connectivity index (χ0v) is 7.03. The van der Waals surface area contributed by atoms with Gasteiger partial charge in [0.15, 0.2) is 6.10 Å². The minimum atomic E-state index is -1.03. The number of esters is 1. The van der Waals surface area contributed by atoms with E-state index in [-0.39, 0.29) is 6.42 Å². The fraction of sp³-hybridized carbons (Fsp3) is 0.875. The Labute approximate surface area is 71.7 Å². The lowest BCUT2D eigenvalue weighted by Crippen LogP contribution is -2.26. The van der Waals surface area contributed by atoms with Gasteiger partial charge in [0.05, 0.1) is 6.61 Å². The molecule has 0 bridgehead atoms. The fourth-order valence-corrected chi connectivity index (χ4v) is 0.856. The summed E-state index contributed by atoms with van der Waals surface area (Å²) in [6.45, 7) is 0.764. The minimum Gasteiger partial charge on any atom is -0.463 e. The van der Waals surface area contributed by atoms with E-state index in [1.165, 1.54) is 0 Å². The van der Waals surface area contributed by atoms with Gasteiger partial charge in [-0.2, -0.15) is 0 Å². The van der Waals surface area contributed by atoms with Gasteiger partial charge in [0, 0.05) is 0 Å². The molecule has 0 heterocycles. The van der Waals surface area contributed by atoms with Gasteiger partial charge in [0.25, 0.3) is 0 Å². The molecule has 1 fully saturated rings. The Hall–Kier alpha value is -0.610. The molecule has 1 aliphatic carbocycles. The van der Waals surface area contributed by atoms with Crippen LogP contribution in [-0.4, -0.2) is 30.3 Å². The molecule has 70 valence electrons. The minimum absolute atomic E-state index is 0.281. The third kappa shape index (κ3) is 3.19. The largest absolute Gasteiger partial charge is 0.463 e. The molecule has 12 heavy (non-hydrogen) atoms. The third-order valence-corrected chi connectivity index (χ3v) is 1.87. The summed E-state index contributed by atoms with van der Waals surface area (Å²) < 4.78 is 4.84. The van der Waals surface area contributed by atoms with Crippen molar-refractivity contribution in [3.05, 3.63) is 0 Å². The molecular formula is C8H15NO3. The van der Waals surface area contributed by atoms with Crippen LogP contribution in [-0.2, 0) is 9.53 Å². The average Bonchev–Trinajstić information content (AvgIpc) is 2.83. The van der Waals surface area contributed by atoms with E-state index in [1.807, 2.05) is 0 Å². The predicted octanol–water partition coefficient (Wildman–Crippen LogP) is -0.351. The molecule has 0 saturated heterocycles. The van der Waals surface area contributed by atoms with Crippen molar-refractivity contribution in [1.29, 1.82) is 0 Å². The molecule has 0 aromatic carbocycles. The smallest absolute Gasteiger partial charge is 0.335 e. The molecule has 4 nitrogen and oxygen atoms in total. The Morgan fingerprint density at radius 3 is 2.83 bits per heavy atom. The topological polar surface area (TPSA) is 72.5 Å². The highest BCUT2D eigenvalue weighted by molar-refractivity contribution is 5.74. The van der Waals surface area contributed by atoms with Crippen molar-refractivity contribution < 1.29 is 14.6 Å². The van der Waals surface area contributed by atoms with Crippen molar-refractivity contribution >= 4 is 5.97 Å². The summed E-state index contributed by atoms with van der Waals surface area (Å²) in [5.41, 5.74) is 5.17. The highest BCUT2D eigenvalue weighted by Gasteiger charge is 2.24. The summed E-state index contributed by atoms with van der Waals surface area (Å²) in [7, 11) is 0. The highest BCUT2D eigenvalue weighted by Crippen LogP contribution is 2.28. The van der Waals surface area contributed by atoms with Crippen LogP contribution in [0.5, 0.6) is 0 Å². The summed E-state index contributed by atoms with van der Waals surface area (Å²) in [6.07, 6.45) is 1.53. The molecule has 3 N–H and O–H groups in total. The summed E-state index contributed by atoms with van der Waals surface area (Å²) in [5.74, 6) is 0.00590. The van der Waals surface area contributed by atoms with E-state index < -0.39 is 12.1 Å². The lowest BCUT2D eigenvalue weighted by molar-refractivity contribution is -0.154. The molecule has 0 aliphatic heterocycles. The molecule has 0 aromatic rings. The Balaban J connectivity index is 2.07. The molecule has 0 unspecified atom stereocenters. The molecule has 1 rings (SSSR count). The van der Waals surface area contributed by atoms with Crippen LogP contribution in [0.25, 0.3) is 0 Å². The van der Waals surface area contributed by atoms with E-state index in [9.17, 15) is 4.79 Å². The maximum Gasteiger partial charge on any atom is 0.335 e. The SMILES string of the molecule is NCC[C@H](O)C(=O)OCC1CC1. The van der Waals surface area contributed by atoms with E-state index in [2.05, 4.69) is 0 Å².